The minimum atomic E-state index is -3.72. The van der Waals surface area contributed by atoms with Crippen LogP contribution in [0.3, 0.4) is 0 Å². The van der Waals surface area contributed by atoms with Crippen LogP contribution < -0.4 is 32.3 Å². The molecule has 4 aromatic carbocycles. The van der Waals surface area contributed by atoms with Crippen molar-refractivity contribution in [3.8, 4) is 0 Å². The average Bonchev–Trinajstić information content (AvgIpc) is 3.34. The van der Waals surface area contributed by atoms with E-state index in [4.69, 9.17) is 10.5 Å². The van der Waals surface area contributed by atoms with Gasteiger partial charge in [0.05, 0.1) is 28.1 Å². The Kier molecular flexibility index (Phi) is 21.4. The SMILES string of the molecule is CC(C)C[C@H](NC(=O)[C@@H](NC(=O)[C@H](CSC(c1ccccc1)(c1ccccc1)c1ccccc1)NC(=O)[C@@H](NC(=O)[C@@H](N)CO)[C@@H](C)O)C(C)C)C(=O)NCC(=O)OCCS(=O)(=O)c1ccccc1. The lowest BCUT2D eigenvalue weighted by atomic mass is 9.84. The summed E-state index contributed by atoms with van der Waals surface area (Å²) in [5.41, 5.74) is 8.25. The van der Waals surface area contributed by atoms with Gasteiger partial charge in [0.25, 0.3) is 0 Å². The van der Waals surface area contributed by atoms with Crippen LogP contribution in [0.25, 0.3) is 0 Å². The molecule has 0 aliphatic rings. The topological polar surface area (TPSA) is 272 Å². The maximum absolute atomic E-state index is 14.7. The fraction of sp³-hybridized carbons (Fsp3) is 0.400. The number of benzene rings is 4. The molecule has 9 N–H and O–H groups in total. The van der Waals surface area contributed by atoms with E-state index in [0.29, 0.717) is 0 Å². The van der Waals surface area contributed by atoms with Crippen molar-refractivity contribution in [1.82, 2.24) is 26.6 Å². The molecule has 0 aromatic heterocycles. The molecule has 19 heteroatoms. The lowest BCUT2D eigenvalue weighted by Gasteiger charge is -2.37. The Morgan fingerprint density at radius 3 is 1.57 bits per heavy atom. The second-order valence-electron chi connectivity index (χ2n) is 17.2. The van der Waals surface area contributed by atoms with E-state index in [9.17, 15) is 47.4 Å². The number of esters is 1. The summed E-state index contributed by atoms with van der Waals surface area (Å²) in [6, 6.07) is 29.5. The molecule has 0 fully saturated rings. The van der Waals surface area contributed by atoms with Crippen LogP contribution in [0, 0.1) is 11.8 Å². The van der Waals surface area contributed by atoms with Crippen LogP contribution >= 0.6 is 11.8 Å². The van der Waals surface area contributed by atoms with Crippen molar-refractivity contribution in [3.63, 3.8) is 0 Å². The van der Waals surface area contributed by atoms with E-state index in [-0.39, 0.29) is 23.0 Å². The molecule has 17 nitrogen and oxygen atoms in total. The second-order valence-corrected chi connectivity index (χ2v) is 20.5. The van der Waals surface area contributed by atoms with E-state index in [2.05, 4.69) is 26.6 Å². The number of hydrogen-bond acceptors (Lipinski definition) is 13. The van der Waals surface area contributed by atoms with Crippen molar-refractivity contribution >= 4 is 57.1 Å². The maximum Gasteiger partial charge on any atom is 0.325 e. The third-order valence-corrected chi connectivity index (χ3v) is 14.3. The minimum absolute atomic E-state index is 0.0729. The predicted octanol–water partition coefficient (Wildman–Crippen LogP) is 2.19. The number of thioether (sulfide) groups is 1. The molecule has 0 saturated heterocycles. The number of sulfone groups is 1. The fourth-order valence-corrected chi connectivity index (χ4v) is 9.94. The molecule has 0 aliphatic carbocycles. The summed E-state index contributed by atoms with van der Waals surface area (Å²) in [7, 11) is -3.72. The van der Waals surface area contributed by atoms with Crippen LogP contribution in [0.2, 0.25) is 0 Å². The number of carbonyl (C=O) groups is 6. The minimum Gasteiger partial charge on any atom is -0.463 e. The molecule has 0 spiro atoms. The van der Waals surface area contributed by atoms with Crippen LogP contribution in [0.1, 0.15) is 57.7 Å². The first kappa shape index (κ1) is 55.5. The zero-order valence-corrected chi connectivity index (χ0v) is 41.0. The molecule has 0 saturated carbocycles. The Balaban J connectivity index is 1.61. The van der Waals surface area contributed by atoms with E-state index in [1.54, 1.807) is 32.0 Å². The molecule has 0 heterocycles. The lowest BCUT2D eigenvalue weighted by Crippen LogP contribution is -2.62. The molecule has 0 unspecified atom stereocenters. The van der Waals surface area contributed by atoms with Gasteiger partial charge >= 0.3 is 5.97 Å². The van der Waals surface area contributed by atoms with Crippen LogP contribution in [0.15, 0.2) is 126 Å². The maximum atomic E-state index is 14.7. The van der Waals surface area contributed by atoms with Crippen molar-refractivity contribution in [2.45, 2.75) is 87.0 Å². The van der Waals surface area contributed by atoms with Gasteiger partial charge in [-0.05, 0) is 54.0 Å². The number of ether oxygens (including phenoxy) is 1. The summed E-state index contributed by atoms with van der Waals surface area (Å²) < 4.78 is 29.3. The highest BCUT2D eigenvalue weighted by Crippen LogP contribution is 2.48. The molecule has 4 aromatic rings. The van der Waals surface area contributed by atoms with Gasteiger partial charge in [-0.1, -0.05) is 137 Å². The van der Waals surface area contributed by atoms with Gasteiger partial charge < -0.3 is 47.3 Å². The van der Waals surface area contributed by atoms with Gasteiger partial charge in [0.15, 0.2) is 9.84 Å². The summed E-state index contributed by atoms with van der Waals surface area (Å²) >= 11 is 1.33. The summed E-state index contributed by atoms with van der Waals surface area (Å²) in [6.07, 6.45) is -1.35. The summed E-state index contributed by atoms with van der Waals surface area (Å²) in [5, 5.41) is 33.1. The van der Waals surface area contributed by atoms with Gasteiger partial charge in [-0.25, -0.2) is 8.42 Å². The molecule has 69 heavy (non-hydrogen) atoms. The molecule has 0 bridgehead atoms. The Morgan fingerprint density at radius 2 is 1.10 bits per heavy atom. The Hall–Kier alpha value is -6.12. The molecule has 4 rings (SSSR count). The van der Waals surface area contributed by atoms with E-state index in [0.717, 1.165) is 16.7 Å². The van der Waals surface area contributed by atoms with Crippen molar-refractivity contribution in [2.24, 2.45) is 17.6 Å². The highest BCUT2D eigenvalue weighted by Gasteiger charge is 2.40. The number of nitrogens with one attached hydrogen (secondary N) is 5. The predicted molar refractivity (Wildman–Crippen MR) is 263 cm³/mol. The summed E-state index contributed by atoms with van der Waals surface area (Å²) in [6.45, 7) is 6.44. The Morgan fingerprint density at radius 1 is 0.638 bits per heavy atom. The largest absolute Gasteiger partial charge is 0.463 e. The lowest BCUT2D eigenvalue weighted by molar-refractivity contribution is -0.143. The summed E-state index contributed by atoms with van der Waals surface area (Å²) in [4.78, 5) is 81.9. The van der Waals surface area contributed by atoms with Gasteiger partial charge in [-0.3, -0.25) is 28.8 Å². The quantitative estimate of drug-likeness (QED) is 0.0332. The third-order valence-electron chi connectivity index (χ3n) is 10.9. The van der Waals surface area contributed by atoms with Gasteiger partial charge in [-0.2, -0.15) is 0 Å². The van der Waals surface area contributed by atoms with Crippen LogP contribution in [-0.4, -0.2) is 122 Å². The van der Waals surface area contributed by atoms with Gasteiger partial charge in [0.2, 0.25) is 29.5 Å². The third kappa shape index (κ3) is 16.0. The number of carbonyl (C=O) groups excluding carboxylic acids is 6. The van der Waals surface area contributed by atoms with Crippen LogP contribution in [-0.2, 0) is 48.1 Å². The Labute approximate surface area is 408 Å². The molecule has 0 aliphatic heterocycles. The first-order chi connectivity index (χ1) is 32.8. The van der Waals surface area contributed by atoms with Gasteiger partial charge in [0.1, 0.15) is 43.4 Å². The number of aliphatic hydroxyl groups is 2. The number of hydrogen-bond donors (Lipinski definition) is 8. The number of nitrogens with two attached hydrogens (primary N) is 1. The molecule has 6 atom stereocenters. The number of amides is 5. The monoisotopic (exact) mass is 988 g/mol. The average molecular weight is 989 g/mol. The fourth-order valence-electron chi connectivity index (χ4n) is 7.27. The first-order valence-corrected chi connectivity index (χ1v) is 25.2. The molecule has 0 radical (unpaired) electrons. The van der Waals surface area contributed by atoms with Crippen LogP contribution in [0.5, 0.6) is 0 Å². The Bertz CT molecular complexity index is 2320. The van der Waals surface area contributed by atoms with Gasteiger partial charge in [-0.15, -0.1) is 11.8 Å². The standard InChI is InChI=1S/C50H64N6O11S2/c1-32(2)28-40(46(61)52-29-42(59)67-26-27-69(65,66)38-24-16-9-17-25-38)53-48(63)43(33(3)4)55-47(62)41(54-49(64)44(34(5)58)56-45(60)39(51)30-57)31-68-50(35-18-10-6-11-19-35,36-20-12-7-13-21-36)37-22-14-8-15-23-37/h6-25,32-34,39-41,43-44,57-58H,26-31,51H2,1-5H3,(H,52,61)(H,53,63)(H,54,64)(H,55,62)(H,56,60)/t34-,39+,40+,41+,43+,44+/m1/s1. The van der Waals surface area contributed by atoms with Crippen LogP contribution in [0.4, 0.5) is 0 Å². The summed E-state index contributed by atoms with van der Waals surface area (Å²) in [5.74, 6) is -6.38. The highest BCUT2D eigenvalue weighted by atomic mass is 32.2. The van der Waals surface area contributed by atoms with Gasteiger partial charge in [0, 0.05) is 5.75 Å². The molecular formula is C50H64N6O11S2. The smallest absolute Gasteiger partial charge is 0.325 e. The van der Waals surface area contributed by atoms with E-state index in [1.807, 2.05) is 105 Å². The molecule has 5 amide bonds. The van der Waals surface area contributed by atoms with Crippen molar-refractivity contribution in [1.29, 1.82) is 0 Å². The number of aliphatic hydroxyl groups excluding tert-OH is 2. The van der Waals surface area contributed by atoms with Crippen molar-refractivity contribution in [2.75, 3.05) is 31.3 Å². The molecule has 372 valence electrons. The normalized spacial score (nSPS) is 14.3. The number of rotatable bonds is 26. The molecular weight excluding hydrogens is 925 g/mol. The second kappa shape index (κ2) is 26.6. The zero-order valence-electron chi connectivity index (χ0n) is 39.4. The van der Waals surface area contributed by atoms with E-state index >= 15 is 0 Å². The van der Waals surface area contributed by atoms with E-state index < -0.39 is 118 Å². The van der Waals surface area contributed by atoms with Crippen molar-refractivity contribution in [3.05, 3.63) is 138 Å². The first-order valence-electron chi connectivity index (χ1n) is 22.6. The van der Waals surface area contributed by atoms with Crippen molar-refractivity contribution < 1.29 is 52.1 Å². The van der Waals surface area contributed by atoms with E-state index in [1.165, 1.54) is 30.8 Å². The zero-order chi connectivity index (χ0) is 50.7. The highest BCUT2D eigenvalue weighted by molar-refractivity contribution is 8.00.